The van der Waals surface area contributed by atoms with Crippen molar-refractivity contribution in [1.29, 1.82) is 0 Å². The average molecular weight is 243 g/mol. The minimum atomic E-state index is -0.678. The summed E-state index contributed by atoms with van der Waals surface area (Å²) in [6, 6.07) is 3.61. The minimum Gasteiger partial charge on any atom is -0.493 e. The number of hydrogen-bond acceptors (Lipinski definition) is 5. The fourth-order valence-electron chi connectivity index (χ4n) is 1.44. The van der Waals surface area contributed by atoms with Crippen LogP contribution in [-0.2, 0) is 0 Å². The van der Waals surface area contributed by atoms with Crippen LogP contribution < -0.4 is 15.2 Å². The van der Waals surface area contributed by atoms with Crippen LogP contribution in [0.3, 0.4) is 0 Å². The molecule has 0 saturated carbocycles. The van der Waals surface area contributed by atoms with Crippen molar-refractivity contribution in [2.75, 3.05) is 27.0 Å². The lowest BCUT2D eigenvalue weighted by atomic mass is 10.1. The van der Waals surface area contributed by atoms with Crippen LogP contribution in [0.25, 0.3) is 0 Å². The number of aliphatic hydroxyl groups is 1. The average Bonchev–Trinajstić information content (AvgIpc) is 2.35. The van der Waals surface area contributed by atoms with Crippen LogP contribution in [0.15, 0.2) is 17.0 Å². The summed E-state index contributed by atoms with van der Waals surface area (Å²) < 4.78 is 10.4. The van der Waals surface area contributed by atoms with Gasteiger partial charge in [-0.1, -0.05) is 0 Å². The Kier molecular flexibility index (Phi) is 4.92. The van der Waals surface area contributed by atoms with Gasteiger partial charge in [0.25, 0.3) is 0 Å². The SMILES string of the molecule is COc1cc(SC)c(C(O)CN)cc1OC. The second-order valence-electron chi connectivity index (χ2n) is 3.20. The van der Waals surface area contributed by atoms with Crippen molar-refractivity contribution < 1.29 is 14.6 Å². The third-order valence-corrected chi connectivity index (χ3v) is 3.11. The first-order valence-corrected chi connectivity index (χ1v) is 6.08. The van der Waals surface area contributed by atoms with E-state index in [2.05, 4.69) is 0 Å². The standard InChI is InChI=1S/C11H17NO3S/c1-14-9-4-7(8(13)6-12)11(16-3)5-10(9)15-2/h4-5,8,13H,6,12H2,1-3H3. The van der Waals surface area contributed by atoms with E-state index < -0.39 is 6.10 Å². The molecule has 1 aromatic rings. The summed E-state index contributed by atoms with van der Waals surface area (Å²) in [5.41, 5.74) is 6.23. The van der Waals surface area contributed by atoms with Crippen LogP contribution in [0.1, 0.15) is 11.7 Å². The van der Waals surface area contributed by atoms with Gasteiger partial charge in [0.2, 0.25) is 0 Å². The molecule has 0 aromatic heterocycles. The molecule has 1 atom stereocenters. The molecule has 3 N–H and O–H groups in total. The first-order chi connectivity index (χ1) is 7.67. The predicted molar refractivity (Wildman–Crippen MR) is 65.3 cm³/mol. The number of thioether (sulfide) groups is 1. The van der Waals surface area contributed by atoms with Crippen molar-refractivity contribution in [2.24, 2.45) is 5.73 Å². The molecule has 0 amide bonds. The smallest absolute Gasteiger partial charge is 0.161 e. The number of methoxy groups -OCH3 is 2. The lowest BCUT2D eigenvalue weighted by molar-refractivity contribution is 0.183. The summed E-state index contributed by atoms with van der Waals surface area (Å²) in [7, 11) is 3.15. The van der Waals surface area contributed by atoms with E-state index in [1.807, 2.05) is 12.3 Å². The summed E-state index contributed by atoms with van der Waals surface area (Å²) in [5.74, 6) is 1.25. The Balaban J connectivity index is 3.25. The largest absolute Gasteiger partial charge is 0.493 e. The maximum atomic E-state index is 9.79. The number of rotatable bonds is 5. The molecule has 0 radical (unpaired) electrons. The highest BCUT2D eigenvalue weighted by atomic mass is 32.2. The topological polar surface area (TPSA) is 64.7 Å². The Hall–Kier alpha value is -0.910. The fraction of sp³-hybridized carbons (Fsp3) is 0.455. The van der Waals surface area contributed by atoms with Crippen LogP contribution in [0.4, 0.5) is 0 Å². The quantitative estimate of drug-likeness (QED) is 0.766. The highest BCUT2D eigenvalue weighted by Gasteiger charge is 2.15. The van der Waals surface area contributed by atoms with Gasteiger partial charge >= 0.3 is 0 Å². The third-order valence-electron chi connectivity index (χ3n) is 2.32. The fourth-order valence-corrected chi connectivity index (χ4v) is 2.10. The van der Waals surface area contributed by atoms with Crippen molar-refractivity contribution in [1.82, 2.24) is 0 Å². The number of ether oxygens (including phenoxy) is 2. The van der Waals surface area contributed by atoms with Gasteiger partial charge in [0.05, 0.1) is 20.3 Å². The van der Waals surface area contributed by atoms with E-state index in [0.717, 1.165) is 10.5 Å². The van der Waals surface area contributed by atoms with Crippen molar-refractivity contribution >= 4 is 11.8 Å². The molecule has 1 rings (SSSR count). The van der Waals surface area contributed by atoms with E-state index in [1.165, 1.54) is 11.8 Å². The molecule has 0 fully saturated rings. The number of aliphatic hydroxyl groups excluding tert-OH is 1. The van der Waals surface area contributed by atoms with Gasteiger partial charge in [0.15, 0.2) is 11.5 Å². The van der Waals surface area contributed by atoms with E-state index in [-0.39, 0.29) is 6.54 Å². The van der Waals surface area contributed by atoms with Crippen LogP contribution in [0.5, 0.6) is 11.5 Å². The van der Waals surface area contributed by atoms with Crippen molar-refractivity contribution in [3.05, 3.63) is 17.7 Å². The summed E-state index contributed by atoms with van der Waals surface area (Å²) in [4.78, 5) is 0.940. The predicted octanol–water partition coefficient (Wildman–Crippen LogP) is 1.42. The molecule has 1 aromatic carbocycles. The Labute approximate surface area is 99.7 Å². The lowest BCUT2D eigenvalue weighted by Gasteiger charge is -2.16. The third kappa shape index (κ3) is 2.61. The molecule has 0 spiro atoms. The van der Waals surface area contributed by atoms with Gasteiger partial charge in [-0.3, -0.25) is 0 Å². The Bertz CT molecular complexity index is 357. The van der Waals surface area contributed by atoms with Crippen LogP contribution in [0.2, 0.25) is 0 Å². The summed E-state index contributed by atoms with van der Waals surface area (Å²) in [6.07, 6.45) is 1.26. The molecule has 0 aliphatic rings. The second kappa shape index (κ2) is 5.98. The van der Waals surface area contributed by atoms with Gasteiger partial charge in [-0.05, 0) is 24.0 Å². The second-order valence-corrected chi connectivity index (χ2v) is 4.05. The van der Waals surface area contributed by atoms with Crippen LogP contribution >= 0.6 is 11.8 Å². The van der Waals surface area contributed by atoms with Crippen LogP contribution in [-0.4, -0.2) is 32.1 Å². The van der Waals surface area contributed by atoms with Crippen molar-refractivity contribution in [3.8, 4) is 11.5 Å². The summed E-state index contributed by atoms with van der Waals surface area (Å²) in [5, 5.41) is 9.79. The van der Waals surface area contributed by atoms with E-state index in [9.17, 15) is 5.11 Å². The maximum Gasteiger partial charge on any atom is 0.161 e. The molecular weight excluding hydrogens is 226 g/mol. The molecule has 16 heavy (non-hydrogen) atoms. The molecule has 0 saturated heterocycles. The first-order valence-electron chi connectivity index (χ1n) is 4.86. The zero-order chi connectivity index (χ0) is 12.1. The Morgan fingerprint density at radius 1 is 1.31 bits per heavy atom. The molecule has 1 unspecified atom stereocenters. The maximum absolute atomic E-state index is 9.79. The molecule has 0 bridgehead atoms. The van der Waals surface area contributed by atoms with E-state index >= 15 is 0 Å². The molecular formula is C11H17NO3S. The molecule has 0 aliphatic heterocycles. The van der Waals surface area contributed by atoms with Gasteiger partial charge in [0.1, 0.15) is 0 Å². The van der Waals surface area contributed by atoms with Gasteiger partial charge < -0.3 is 20.3 Å². The molecule has 0 heterocycles. The molecule has 4 nitrogen and oxygen atoms in total. The minimum absolute atomic E-state index is 0.184. The van der Waals surface area contributed by atoms with Gasteiger partial charge in [-0.25, -0.2) is 0 Å². The zero-order valence-corrected chi connectivity index (χ0v) is 10.5. The van der Waals surface area contributed by atoms with Gasteiger partial charge in [-0.15, -0.1) is 11.8 Å². The monoisotopic (exact) mass is 243 g/mol. The van der Waals surface area contributed by atoms with E-state index in [1.54, 1.807) is 20.3 Å². The first kappa shape index (κ1) is 13.2. The lowest BCUT2D eigenvalue weighted by Crippen LogP contribution is -2.12. The Morgan fingerprint density at radius 2 is 1.88 bits per heavy atom. The number of benzene rings is 1. The molecule has 5 heteroatoms. The Morgan fingerprint density at radius 3 is 2.31 bits per heavy atom. The zero-order valence-electron chi connectivity index (χ0n) is 9.69. The summed E-state index contributed by atoms with van der Waals surface area (Å²) in [6.45, 7) is 0.184. The normalized spacial score (nSPS) is 12.3. The van der Waals surface area contributed by atoms with Crippen LogP contribution in [0, 0.1) is 0 Å². The van der Waals surface area contributed by atoms with Crippen molar-refractivity contribution in [2.45, 2.75) is 11.0 Å². The molecule has 0 aliphatic carbocycles. The molecule has 90 valence electrons. The number of nitrogens with two attached hydrogens (primary N) is 1. The summed E-state index contributed by atoms with van der Waals surface area (Å²) >= 11 is 1.54. The van der Waals surface area contributed by atoms with E-state index in [0.29, 0.717) is 11.5 Å². The van der Waals surface area contributed by atoms with Gasteiger partial charge in [0, 0.05) is 11.4 Å². The van der Waals surface area contributed by atoms with E-state index in [4.69, 9.17) is 15.2 Å². The van der Waals surface area contributed by atoms with Gasteiger partial charge in [-0.2, -0.15) is 0 Å². The highest BCUT2D eigenvalue weighted by molar-refractivity contribution is 7.98. The van der Waals surface area contributed by atoms with Crippen molar-refractivity contribution in [3.63, 3.8) is 0 Å². The highest BCUT2D eigenvalue weighted by Crippen LogP contribution is 2.36. The number of hydrogen-bond donors (Lipinski definition) is 2.